The van der Waals surface area contributed by atoms with Gasteiger partial charge >= 0.3 is 5.97 Å². The van der Waals surface area contributed by atoms with Gasteiger partial charge < -0.3 is 9.26 Å². The van der Waals surface area contributed by atoms with Gasteiger partial charge in [0.25, 0.3) is 0 Å². The number of ether oxygens (including phenoxy) is 1. The molecule has 0 bridgehead atoms. The zero-order chi connectivity index (χ0) is 12.3. The average Bonchev–Trinajstić information content (AvgIpc) is 2.91. The van der Waals surface area contributed by atoms with Crippen molar-refractivity contribution in [2.24, 2.45) is 0 Å². The fraction of sp³-hybridized carbons (Fsp3) is 0.444. The molecule has 8 heteroatoms. The van der Waals surface area contributed by atoms with Crippen molar-refractivity contribution in [2.75, 3.05) is 6.61 Å². The molecule has 0 atom stereocenters. The Bertz CT molecular complexity index is 505. The minimum absolute atomic E-state index is 0.200. The Morgan fingerprint density at radius 2 is 2.41 bits per heavy atom. The molecule has 2 aromatic rings. The first-order chi connectivity index (χ1) is 8.22. The van der Waals surface area contributed by atoms with Crippen LogP contribution in [0.3, 0.4) is 0 Å². The van der Waals surface area contributed by atoms with Gasteiger partial charge in [-0.25, -0.2) is 9.48 Å². The molecule has 2 aromatic heterocycles. The molecule has 0 aliphatic heterocycles. The molecule has 0 fully saturated rings. The zero-order valence-electron chi connectivity index (χ0n) is 9.45. The SMILES string of the molecule is CCOC(=O)c1nnn(Cc2ncno2)c1C. The molecule has 0 radical (unpaired) electrons. The maximum Gasteiger partial charge on any atom is 0.360 e. The Morgan fingerprint density at radius 1 is 1.59 bits per heavy atom. The van der Waals surface area contributed by atoms with Crippen LogP contribution in [-0.4, -0.2) is 37.7 Å². The summed E-state index contributed by atoms with van der Waals surface area (Å²) in [5.41, 5.74) is 0.799. The van der Waals surface area contributed by atoms with Crippen LogP contribution in [0, 0.1) is 6.92 Å². The van der Waals surface area contributed by atoms with Gasteiger partial charge in [-0.2, -0.15) is 4.98 Å². The quantitative estimate of drug-likeness (QED) is 0.700. The summed E-state index contributed by atoms with van der Waals surface area (Å²) in [6.07, 6.45) is 1.30. The summed E-state index contributed by atoms with van der Waals surface area (Å²) in [6.45, 7) is 4.03. The Morgan fingerprint density at radius 3 is 3.06 bits per heavy atom. The van der Waals surface area contributed by atoms with Gasteiger partial charge in [-0.1, -0.05) is 10.4 Å². The van der Waals surface area contributed by atoms with Crippen molar-refractivity contribution >= 4 is 5.97 Å². The van der Waals surface area contributed by atoms with Gasteiger partial charge in [0.2, 0.25) is 5.89 Å². The standard InChI is InChI=1S/C9H11N5O3/c1-3-16-9(15)8-6(2)14(13-12-8)4-7-10-5-11-17-7/h5H,3-4H2,1-2H3. The Hall–Kier alpha value is -2.25. The van der Waals surface area contributed by atoms with E-state index in [2.05, 4.69) is 20.5 Å². The molecule has 90 valence electrons. The molecule has 2 rings (SSSR count). The van der Waals surface area contributed by atoms with Crippen LogP contribution in [0.25, 0.3) is 0 Å². The van der Waals surface area contributed by atoms with Crippen molar-refractivity contribution < 1.29 is 14.1 Å². The maximum atomic E-state index is 11.5. The van der Waals surface area contributed by atoms with Gasteiger partial charge in [-0.05, 0) is 13.8 Å². The van der Waals surface area contributed by atoms with Gasteiger partial charge in [0.05, 0.1) is 12.3 Å². The normalized spacial score (nSPS) is 10.5. The summed E-state index contributed by atoms with van der Waals surface area (Å²) in [5.74, 6) is -0.0878. The lowest BCUT2D eigenvalue weighted by molar-refractivity contribution is 0.0518. The van der Waals surface area contributed by atoms with Gasteiger partial charge in [0, 0.05) is 0 Å². The predicted molar refractivity (Wildman–Crippen MR) is 54.1 cm³/mol. The highest BCUT2D eigenvalue weighted by molar-refractivity contribution is 5.88. The molecule has 0 aromatic carbocycles. The number of nitrogens with zero attached hydrogens (tertiary/aromatic N) is 5. The molecule has 2 heterocycles. The number of esters is 1. The number of aromatic nitrogens is 5. The van der Waals surface area contributed by atoms with Crippen LogP contribution >= 0.6 is 0 Å². The van der Waals surface area contributed by atoms with Gasteiger partial charge in [-0.15, -0.1) is 5.10 Å². The third-order valence-electron chi connectivity index (χ3n) is 2.14. The van der Waals surface area contributed by atoms with Crippen LogP contribution in [0.4, 0.5) is 0 Å². The number of rotatable bonds is 4. The van der Waals surface area contributed by atoms with Crippen LogP contribution in [0.5, 0.6) is 0 Å². The van der Waals surface area contributed by atoms with Crippen LogP contribution in [0.15, 0.2) is 10.9 Å². The first-order valence-corrected chi connectivity index (χ1v) is 5.05. The first kappa shape index (κ1) is 11.2. The second-order valence-corrected chi connectivity index (χ2v) is 3.24. The zero-order valence-corrected chi connectivity index (χ0v) is 9.45. The molecular weight excluding hydrogens is 226 g/mol. The predicted octanol–water partition coefficient (Wildman–Crippen LogP) is 0.195. The topological polar surface area (TPSA) is 95.9 Å². The smallest absolute Gasteiger partial charge is 0.360 e. The first-order valence-electron chi connectivity index (χ1n) is 5.05. The van der Waals surface area contributed by atoms with E-state index in [1.165, 1.54) is 11.0 Å². The van der Waals surface area contributed by atoms with Crippen LogP contribution in [-0.2, 0) is 11.3 Å². The van der Waals surface area contributed by atoms with Crippen LogP contribution < -0.4 is 0 Å². The van der Waals surface area contributed by atoms with E-state index in [1.54, 1.807) is 13.8 Å². The second-order valence-electron chi connectivity index (χ2n) is 3.24. The van der Waals surface area contributed by atoms with Gasteiger partial charge in [-0.3, -0.25) is 0 Å². The minimum Gasteiger partial charge on any atom is -0.461 e. The van der Waals surface area contributed by atoms with E-state index in [-0.39, 0.29) is 12.2 Å². The molecule has 17 heavy (non-hydrogen) atoms. The lowest BCUT2D eigenvalue weighted by Gasteiger charge is -2.00. The fourth-order valence-corrected chi connectivity index (χ4v) is 1.29. The molecule has 0 spiro atoms. The number of hydrogen-bond donors (Lipinski definition) is 0. The van der Waals surface area contributed by atoms with Gasteiger partial charge in [0.1, 0.15) is 6.54 Å². The Balaban J connectivity index is 2.18. The summed E-state index contributed by atoms with van der Waals surface area (Å²) in [5, 5.41) is 11.1. The molecule has 0 amide bonds. The minimum atomic E-state index is -0.484. The van der Waals surface area contributed by atoms with E-state index < -0.39 is 5.97 Å². The van der Waals surface area contributed by atoms with Crippen molar-refractivity contribution in [1.82, 2.24) is 25.1 Å². The van der Waals surface area contributed by atoms with Crippen molar-refractivity contribution in [2.45, 2.75) is 20.4 Å². The lowest BCUT2D eigenvalue weighted by Crippen LogP contribution is -2.09. The third-order valence-corrected chi connectivity index (χ3v) is 2.14. The molecule has 0 unspecified atom stereocenters. The van der Waals surface area contributed by atoms with Crippen molar-refractivity contribution in [1.29, 1.82) is 0 Å². The molecule has 0 N–H and O–H groups in total. The Kier molecular flexibility index (Phi) is 3.12. The van der Waals surface area contributed by atoms with Crippen molar-refractivity contribution in [3.63, 3.8) is 0 Å². The lowest BCUT2D eigenvalue weighted by atomic mass is 10.3. The summed E-state index contributed by atoms with van der Waals surface area (Å²) >= 11 is 0. The monoisotopic (exact) mass is 237 g/mol. The van der Waals surface area contributed by atoms with E-state index in [0.29, 0.717) is 18.2 Å². The molecule has 0 aliphatic rings. The number of carbonyl (C=O) groups excluding carboxylic acids is 1. The number of hydrogen-bond acceptors (Lipinski definition) is 7. The van der Waals surface area contributed by atoms with Crippen molar-refractivity contribution in [3.8, 4) is 0 Å². The number of carbonyl (C=O) groups is 1. The molecule has 8 nitrogen and oxygen atoms in total. The summed E-state index contributed by atoms with van der Waals surface area (Å²) < 4.78 is 11.2. The summed E-state index contributed by atoms with van der Waals surface area (Å²) in [4.78, 5) is 15.4. The van der Waals surface area contributed by atoms with E-state index in [4.69, 9.17) is 9.26 Å². The van der Waals surface area contributed by atoms with E-state index in [0.717, 1.165) is 0 Å². The fourth-order valence-electron chi connectivity index (χ4n) is 1.29. The van der Waals surface area contributed by atoms with Gasteiger partial charge in [0.15, 0.2) is 12.0 Å². The third kappa shape index (κ3) is 2.30. The van der Waals surface area contributed by atoms with Crippen LogP contribution in [0.1, 0.15) is 29.0 Å². The highest BCUT2D eigenvalue weighted by Crippen LogP contribution is 2.07. The second kappa shape index (κ2) is 4.73. The highest BCUT2D eigenvalue weighted by atomic mass is 16.5. The summed E-state index contributed by atoms with van der Waals surface area (Å²) in [7, 11) is 0. The van der Waals surface area contributed by atoms with Crippen molar-refractivity contribution in [3.05, 3.63) is 23.6 Å². The molecule has 0 saturated carbocycles. The molecule has 0 aliphatic carbocycles. The summed E-state index contributed by atoms with van der Waals surface area (Å²) in [6, 6.07) is 0. The van der Waals surface area contributed by atoms with E-state index >= 15 is 0 Å². The average molecular weight is 237 g/mol. The van der Waals surface area contributed by atoms with E-state index in [1.807, 2.05) is 0 Å². The Labute approximate surface area is 96.6 Å². The van der Waals surface area contributed by atoms with E-state index in [9.17, 15) is 4.79 Å². The largest absolute Gasteiger partial charge is 0.461 e. The molecular formula is C9H11N5O3. The maximum absolute atomic E-state index is 11.5. The van der Waals surface area contributed by atoms with Crippen LogP contribution in [0.2, 0.25) is 0 Å². The molecule has 0 saturated heterocycles. The highest BCUT2D eigenvalue weighted by Gasteiger charge is 2.18.